The van der Waals surface area contributed by atoms with Crippen LogP contribution < -0.4 is 10.1 Å². The van der Waals surface area contributed by atoms with Gasteiger partial charge >= 0.3 is 0 Å². The Kier molecular flexibility index (Phi) is 6.66. The topological polar surface area (TPSA) is 54.7 Å². The number of hydrogen-bond acceptors (Lipinski definition) is 3. The molecule has 1 aromatic heterocycles. The number of hydrogen-bond donors (Lipinski definition) is 1. The molecule has 130 valence electrons. The van der Waals surface area contributed by atoms with Crippen molar-refractivity contribution in [2.45, 2.75) is 19.9 Å². The molecule has 6 nitrogen and oxygen atoms in total. The lowest BCUT2D eigenvalue weighted by molar-refractivity contribution is 0.414. The molecule has 0 unspecified atom stereocenters. The highest BCUT2D eigenvalue weighted by Crippen LogP contribution is 2.12. The van der Waals surface area contributed by atoms with Gasteiger partial charge in [0.25, 0.3) is 0 Å². The third kappa shape index (κ3) is 5.30. The Hall–Kier alpha value is -2.50. The van der Waals surface area contributed by atoms with Crippen LogP contribution in [-0.2, 0) is 20.0 Å². The van der Waals surface area contributed by atoms with Gasteiger partial charge in [-0.2, -0.15) is 5.10 Å². The molecule has 0 saturated heterocycles. The highest BCUT2D eigenvalue weighted by molar-refractivity contribution is 5.79. The molecule has 6 heteroatoms. The van der Waals surface area contributed by atoms with Crippen molar-refractivity contribution in [1.29, 1.82) is 0 Å². The smallest absolute Gasteiger partial charge is 0.193 e. The van der Waals surface area contributed by atoms with E-state index in [1.165, 1.54) is 11.1 Å². The molecule has 1 N–H and O–H groups in total. The second-order valence-corrected chi connectivity index (χ2v) is 5.71. The minimum Gasteiger partial charge on any atom is -0.497 e. The number of guanidine groups is 1. The quantitative estimate of drug-likeness (QED) is 0.624. The summed E-state index contributed by atoms with van der Waals surface area (Å²) in [5.74, 6) is 1.79. The zero-order chi connectivity index (χ0) is 17.4. The summed E-state index contributed by atoms with van der Waals surface area (Å²) in [5.41, 5.74) is 2.42. The van der Waals surface area contributed by atoms with Gasteiger partial charge in [-0.05, 0) is 36.6 Å². The molecule has 0 amide bonds. The maximum absolute atomic E-state index is 5.20. The van der Waals surface area contributed by atoms with Gasteiger partial charge in [-0.3, -0.25) is 9.67 Å². The van der Waals surface area contributed by atoms with Gasteiger partial charge in [0.1, 0.15) is 5.75 Å². The van der Waals surface area contributed by atoms with Crippen LogP contribution in [0.2, 0.25) is 0 Å². The van der Waals surface area contributed by atoms with Gasteiger partial charge in [0, 0.05) is 39.9 Å². The van der Waals surface area contributed by atoms with E-state index in [0.29, 0.717) is 0 Å². The van der Waals surface area contributed by atoms with E-state index < -0.39 is 0 Å². The summed E-state index contributed by atoms with van der Waals surface area (Å²) >= 11 is 0. The van der Waals surface area contributed by atoms with Crippen molar-refractivity contribution in [1.82, 2.24) is 20.0 Å². The molecule has 0 radical (unpaired) electrons. The molecular formula is C18H27N5O. The number of benzene rings is 1. The van der Waals surface area contributed by atoms with Crippen molar-refractivity contribution >= 4 is 5.96 Å². The van der Waals surface area contributed by atoms with Crippen LogP contribution in [0.3, 0.4) is 0 Å². The molecule has 0 bridgehead atoms. The summed E-state index contributed by atoms with van der Waals surface area (Å²) < 4.78 is 7.02. The predicted molar refractivity (Wildman–Crippen MR) is 97.4 cm³/mol. The van der Waals surface area contributed by atoms with Crippen LogP contribution in [0, 0.1) is 0 Å². The normalized spacial score (nSPS) is 11.4. The lowest BCUT2D eigenvalue weighted by Crippen LogP contribution is -2.38. The van der Waals surface area contributed by atoms with Crippen LogP contribution >= 0.6 is 0 Å². The zero-order valence-corrected chi connectivity index (χ0v) is 15.0. The summed E-state index contributed by atoms with van der Waals surface area (Å²) in [7, 11) is 5.66. The summed E-state index contributed by atoms with van der Waals surface area (Å²) in [5, 5.41) is 7.53. The van der Waals surface area contributed by atoms with Crippen LogP contribution in [0.15, 0.2) is 41.7 Å². The Morgan fingerprint density at radius 3 is 2.62 bits per heavy atom. The molecular weight excluding hydrogens is 302 g/mol. The average Bonchev–Trinajstić information content (AvgIpc) is 3.00. The molecule has 0 aliphatic rings. The van der Waals surface area contributed by atoms with Gasteiger partial charge in [-0.15, -0.1) is 0 Å². The fourth-order valence-electron chi connectivity index (χ4n) is 2.44. The Morgan fingerprint density at radius 1 is 1.29 bits per heavy atom. The predicted octanol–water partition coefficient (Wildman–Crippen LogP) is 2.07. The molecule has 0 spiro atoms. The van der Waals surface area contributed by atoms with Crippen molar-refractivity contribution in [3.05, 3.63) is 47.8 Å². The molecule has 0 atom stereocenters. The maximum atomic E-state index is 5.20. The van der Waals surface area contributed by atoms with Gasteiger partial charge in [-0.25, -0.2) is 0 Å². The Morgan fingerprint density at radius 2 is 2.04 bits per heavy atom. The molecule has 0 aliphatic carbocycles. The largest absolute Gasteiger partial charge is 0.497 e. The first kappa shape index (κ1) is 17.8. The van der Waals surface area contributed by atoms with Gasteiger partial charge in [-0.1, -0.05) is 12.1 Å². The first-order valence-electron chi connectivity index (χ1n) is 8.22. The van der Waals surface area contributed by atoms with Crippen LogP contribution in [0.5, 0.6) is 5.75 Å². The number of nitrogens with one attached hydrogen (secondary N) is 1. The van der Waals surface area contributed by atoms with E-state index in [4.69, 9.17) is 9.73 Å². The van der Waals surface area contributed by atoms with E-state index in [2.05, 4.69) is 41.4 Å². The van der Waals surface area contributed by atoms with Crippen molar-refractivity contribution in [2.24, 2.45) is 12.0 Å². The summed E-state index contributed by atoms with van der Waals surface area (Å²) in [6.07, 6.45) is 4.81. The van der Waals surface area contributed by atoms with E-state index in [1.54, 1.807) is 7.11 Å². The maximum Gasteiger partial charge on any atom is 0.193 e. The number of nitrogens with zero attached hydrogens (tertiary/aromatic N) is 4. The number of aliphatic imine (C=N–C) groups is 1. The number of methoxy groups -OCH3 is 1. The van der Waals surface area contributed by atoms with E-state index in [9.17, 15) is 0 Å². The standard InChI is InChI=1S/C18H27N5O/c1-5-19-18(20-11-10-16-12-21-23(3)14-16)22(2)13-15-6-8-17(24-4)9-7-15/h6-9,12,14H,5,10-11,13H2,1-4H3,(H,19,20). The molecule has 2 aromatic rings. The van der Waals surface area contributed by atoms with Crippen LogP contribution in [0.1, 0.15) is 18.1 Å². The third-order valence-corrected chi connectivity index (χ3v) is 3.70. The summed E-state index contributed by atoms with van der Waals surface area (Å²) in [4.78, 5) is 6.85. The number of rotatable bonds is 7. The van der Waals surface area contributed by atoms with Crippen LogP contribution in [0.25, 0.3) is 0 Å². The fourth-order valence-corrected chi connectivity index (χ4v) is 2.44. The average molecular weight is 329 g/mol. The fraction of sp³-hybridized carbons (Fsp3) is 0.444. The van der Waals surface area contributed by atoms with Crippen molar-refractivity contribution in [3.63, 3.8) is 0 Å². The second-order valence-electron chi connectivity index (χ2n) is 5.71. The second kappa shape index (κ2) is 8.96. The SMILES string of the molecule is CCNC(=NCCc1cnn(C)c1)N(C)Cc1ccc(OC)cc1. The van der Waals surface area contributed by atoms with Gasteiger partial charge in [0.2, 0.25) is 0 Å². The summed E-state index contributed by atoms with van der Waals surface area (Å²) in [6.45, 7) is 4.46. The number of ether oxygens (including phenoxy) is 1. The van der Waals surface area contributed by atoms with E-state index in [-0.39, 0.29) is 0 Å². The zero-order valence-electron chi connectivity index (χ0n) is 15.0. The Bertz CT molecular complexity index is 648. The van der Waals surface area contributed by atoms with Crippen molar-refractivity contribution in [3.8, 4) is 5.75 Å². The number of aromatic nitrogens is 2. The van der Waals surface area contributed by atoms with E-state index >= 15 is 0 Å². The van der Waals surface area contributed by atoms with E-state index in [0.717, 1.165) is 37.8 Å². The van der Waals surface area contributed by atoms with Crippen molar-refractivity contribution in [2.75, 3.05) is 27.2 Å². The first-order valence-corrected chi connectivity index (χ1v) is 8.22. The molecule has 0 saturated carbocycles. The first-order chi connectivity index (χ1) is 11.6. The Labute approximate surface area is 144 Å². The van der Waals surface area contributed by atoms with Crippen molar-refractivity contribution < 1.29 is 4.74 Å². The van der Waals surface area contributed by atoms with Gasteiger partial charge in [0.15, 0.2) is 5.96 Å². The molecule has 1 heterocycles. The molecule has 0 fully saturated rings. The molecule has 24 heavy (non-hydrogen) atoms. The van der Waals surface area contributed by atoms with Crippen LogP contribution in [0.4, 0.5) is 0 Å². The highest BCUT2D eigenvalue weighted by Gasteiger charge is 2.07. The lowest BCUT2D eigenvalue weighted by Gasteiger charge is -2.22. The lowest BCUT2D eigenvalue weighted by atomic mass is 10.2. The third-order valence-electron chi connectivity index (χ3n) is 3.70. The van der Waals surface area contributed by atoms with Gasteiger partial charge < -0.3 is 15.0 Å². The number of aryl methyl sites for hydroxylation is 1. The highest BCUT2D eigenvalue weighted by atomic mass is 16.5. The van der Waals surface area contributed by atoms with Gasteiger partial charge in [0.05, 0.1) is 13.3 Å². The summed E-state index contributed by atoms with van der Waals surface area (Å²) in [6, 6.07) is 8.12. The molecule has 2 rings (SSSR count). The minimum atomic E-state index is 0.737. The van der Waals surface area contributed by atoms with E-state index in [1.807, 2.05) is 36.3 Å². The monoisotopic (exact) mass is 329 g/mol. The molecule has 0 aliphatic heterocycles. The molecule has 1 aromatic carbocycles. The Balaban J connectivity index is 1.94. The van der Waals surface area contributed by atoms with Crippen LogP contribution in [-0.4, -0.2) is 47.9 Å². The minimum absolute atomic E-state index is 0.737.